The van der Waals surface area contributed by atoms with E-state index in [-0.39, 0.29) is 9.92 Å². The molecular formula is C10H15ClN2O2S. The van der Waals surface area contributed by atoms with Crippen LogP contribution in [-0.2, 0) is 10.0 Å². The van der Waals surface area contributed by atoms with Gasteiger partial charge in [0.2, 0.25) is 10.0 Å². The maximum Gasteiger partial charge on any atom is 0.242 e. The van der Waals surface area contributed by atoms with Crippen LogP contribution in [0.5, 0.6) is 0 Å². The summed E-state index contributed by atoms with van der Waals surface area (Å²) in [6, 6.07) is 4.40. The summed E-state index contributed by atoms with van der Waals surface area (Å²) >= 11 is 5.82. The standard InChI is InChI=1S/C10H15ClN2O2S/c1-2-3-6-13-16(14,15)10-7-8(12)4-5-9(10)11/h4-5,7,13H,2-3,6,12H2,1H3. The Morgan fingerprint density at radius 3 is 2.75 bits per heavy atom. The fourth-order valence-electron chi connectivity index (χ4n) is 1.19. The lowest BCUT2D eigenvalue weighted by molar-refractivity contribution is 0.578. The van der Waals surface area contributed by atoms with Gasteiger partial charge in [-0.2, -0.15) is 0 Å². The molecule has 0 saturated carbocycles. The molecule has 0 aliphatic heterocycles. The second-order valence-corrected chi connectivity index (χ2v) is 5.58. The number of nitrogens with two attached hydrogens (primary N) is 1. The molecule has 0 aliphatic carbocycles. The van der Waals surface area contributed by atoms with Gasteiger partial charge in [-0.25, -0.2) is 13.1 Å². The van der Waals surface area contributed by atoms with Crippen LogP contribution < -0.4 is 10.5 Å². The minimum atomic E-state index is -3.55. The van der Waals surface area contributed by atoms with E-state index in [1.165, 1.54) is 12.1 Å². The topological polar surface area (TPSA) is 72.2 Å². The van der Waals surface area contributed by atoms with Gasteiger partial charge < -0.3 is 5.73 Å². The average molecular weight is 263 g/mol. The van der Waals surface area contributed by atoms with Gasteiger partial charge in [0.15, 0.2) is 0 Å². The molecule has 0 heterocycles. The van der Waals surface area contributed by atoms with Crippen molar-refractivity contribution in [3.8, 4) is 0 Å². The second-order valence-electron chi connectivity index (χ2n) is 3.44. The first-order valence-electron chi connectivity index (χ1n) is 5.02. The van der Waals surface area contributed by atoms with Crippen molar-refractivity contribution in [2.24, 2.45) is 0 Å². The molecule has 0 fully saturated rings. The number of unbranched alkanes of at least 4 members (excludes halogenated alkanes) is 1. The monoisotopic (exact) mass is 262 g/mol. The Bertz CT molecular complexity index is 460. The molecule has 1 rings (SSSR count). The lowest BCUT2D eigenvalue weighted by atomic mass is 10.3. The van der Waals surface area contributed by atoms with Gasteiger partial charge in [0.1, 0.15) is 4.90 Å². The zero-order valence-corrected chi connectivity index (χ0v) is 10.6. The van der Waals surface area contributed by atoms with E-state index in [2.05, 4.69) is 4.72 Å². The molecule has 0 aliphatic rings. The Labute approximate surface area is 101 Å². The molecule has 0 amide bonds. The minimum absolute atomic E-state index is 0.0327. The van der Waals surface area contributed by atoms with E-state index in [0.717, 1.165) is 12.8 Å². The molecule has 6 heteroatoms. The zero-order valence-electron chi connectivity index (χ0n) is 9.03. The number of halogens is 1. The number of rotatable bonds is 5. The van der Waals surface area contributed by atoms with Gasteiger partial charge in [-0.05, 0) is 24.6 Å². The predicted octanol–water partition coefficient (Wildman–Crippen LogP) is 2.00. The maximum absolute atomic E-state index is 11.8. The number of anilines is 1. The summed E-state index contributed by atoms with van der Waals surface area (Å²) in [5.74, 6) is 0. The average Bonchev–Trinajstić information content (AvgIpc) is 2.22. The minimum Gasteiger partial charge on any atom is -0.399 e. The Hall–Kier alpha value is -0.780. The van der Waals surface area contributed by atoms with Crippen molar-refractivity contribution in [2.45, 2.75) is 24.7 Å². The molecule has 0 radical (unpaired) electrons. The molecular weight excluding hydrogens is 248 g/mol. The van der Waals surface area contributed by atoms with Crippen LogP contribution in [-0.4, -0.2) is 15.0 Å². The number of nitrogen functional groups attached to an aromatic ring is 1. The fraction of sp³-hybridized carbons (Fsp3) is 0.400. The van der Waals surface area contributed by atoms with Crippen LogP contribution in [0.1, 0.15) is 19.8 Å². The maximum atomic E-state index is 11.8. The summed E-state index contributed by atoms with van der Waals surface area (Å²) in [4.78, 5) is 0.0327. The van der Waals surface area contributed by atoms with E-state index in [1.54, 1.807) is 6.07 Å². The molecule has 1 aromatic rings. The van der Waals surface area contributed by atoms with E-state index in [0.29, 0.717) is 12.2 Å². The van der Waals surface area contributed by atoms with Gasteiger partial charge in [0, 0.05) is 12.2 Å². The molecule has 0 unspecified atom stereocenters. The summed E-state index contributed by atoms with van der Waals surface area (Å²) in [5, 5.41) is 0.179. The molecule has 16 heavy (non-hydrogen) atoms. The molecule has 0 atom stereocenters. The summed E-state index contributed by atoms with van der Waals surface area (Å²) in [7, 11) is -3.55. The number of hydrogen-bond acceptors (Lipinski definition) is 3. The molecule has 0 aromatic heterocycles. The fourth-order valence-corrected chi connectivity index (χ4v) is 2.79. The second kappa shape index (κ2) is 5.52. The highest BCUT2D eigenvalue weighted by Gasteiger charge is 2.17. The predicted molar refractivity (Wildman–Crippen MR) is 66.0 cm³/mol. The van der Waals surface area contributed by atoms with Crippen LogP contribution in [0.3, 0.4) is 0 Å². The number of sulfonamides is 1. The van der Waals surface area contributed by atoms with Crippen molar-refractivity contribution >= 4 is 27.3 Å². The molecule has 1 aromatic carbocycles. The van der Waals surface area contributed by atoms with Gasteiger partial charge in [-0.15, -0.1) is 0 Å². The van der Waals surface area contributed by atoms with Crippen molar-refractivity contribution in [1.82, 2.24) is 4.72 Å². The van der Waals surface area contributed by atoms with Gasteiger partial charge in [-0.1, -0.05) is 24.9 Å². The van der Waals surface area contributed by atoms with Crippen molar-refractivity contribution in [2.75, 3.05) is 12.3 Å². The number of nitrogens with one attached hydrogen (secondary N) is 1. The van der Waals surface area contributed by atoms with Crippen molar-refractivity contribution in [1.29, 1.82) is 0 Å². The Balaban J connectivity index is 2.93. The van der Waals surface area contributed by atoms with E-state index in [1.807, 2.05) is 6.92 Å². The highest BCUT2D eigenvalue weighted by molar-refractivity contribution is 7.89. The Morgan fingerprint density at radius 2 is 2.12 bits per heavy atom. The van der Waals surface area contributed by atoms with Gasteiger partial charge in [0.05, 0.1) is 5.02 Å². The van der Waals surface area contributed by atoms with Crippen molar-refractivity contribution in [3.63, 3.8) is 0 Å². The highest BCUT2D eigenvalue weighted by Crippen LogP contribution is 2.23. The van der Waals surface area contributed by atoms with E-state index < -0.39 is 10.0 Å². The first-order valence-corrected chi connectivity index (χ1v) is 6.88. The first-order chi connectivity index (χ1) is 7.47. The van der Waals surface area contributed by atoms with Gasteiger partial charge >= 0.3 is 0 Å². The molecule has 4 nitrogen and oxygen atoms in total. The third-order valence-corrected chi connectivity index (χ3v) is 4.01. The third kappa shape index (κ3) is 3.37. The molecule has 0 bridgehead atoms. The largest absolute Gasteiger partial charge is 0.399 e. The highest BCUT2D eigenvalue weighted by atomic mass is 35.5. The van der Waals surface area contributed by atoms with Crippen molar-refractivity contribution in [3.05, 3.63) is 23.2 Å². The SMILES string of the molecule is CCCCNS(=O)(=O)c1cc(N)ccc1Cl. The first kappa shape index (κ1) is 13.3. The Kier molecular flexibility index (Phi) is 4.58. The lowest BCUT2D eigenvalue weighted by Crippen LogP contribution is -2.25. The summed E-state index contributed by atoms with van der Waals surface area (Å²) < 4.78 is 26.1. The number of benzene rings is 1. The summed E-state index contributed by atoms with van der Waals surface area (Å²) in [6.07, 6.45) is 1.71. The molecule has 0 saturated heterocycles. The normalized spacial score (nSPS) is 11.6. The van der Waals surface area contributed by atoms with E-state index in [9.17, 15) is 8.42 Å². The van der Waals surface area contributed by atoms with Crippen LogP contribution >= 0.6 is 11.6 Å². The molecule has 0 spiro atoms. The van der Waals surface area contributed by atoms with Gasteiger partial charge in [0.25, 0.3) is 0 Å². The third-order valence-electron chi connectivity index (χ3n) is 2.07. The molecule has 90 valence electrons. The van der Waals surface area contributed by atoms with Crippen LogP contribution in [0, 0.1) is 0 Å². The van der Waals surface area contributed by atoms with Crippen LogP contribution in [0.4, 0.5) is 5.69 Å². The zero-order chi connectivity index (χ0) is 12.2. The van der Waals surface area contributed by atoms with E-state index >= 15 is 0 Å². The van der Waals surface area contributed by atoms with E-state index in [4.69, 9.17) is 17.3 Å². The number of hydrogen-bond donors (Lipinski definition) is 2. The molecule has 3 N–H and O–H groups in total. The van der Waals surface area contributed by atoms with Crippen LogP contribution in [0.15, 0.2) is 23.1 Å². The van der Waals surface area contributed by atoms with Crippen LogP contribution in [0.25, 0.3) is 0 Å². The smallest absolute Gasteiger partial charge is 0.242 e. The lowest BCUT2D eigenvalue weighted by Gasteiger charge is -2.08. The Morgan fingerprint density at radius 1 is 1.44 bits per heavy atom. The summed E-state index contributed by atoms with van der Waals surface area (Å²) in [5.41, 5.74) is 5.90. The quantitative estimate of drug-likeness (QED) is 0.630. The van der Waals surface area contributed by atoms with Gasteiger partial charge in [-0.3, -0.25) is 0 Å². The van der Waals surface area contributed by atoms with Crippen molar-refractivity contribution < 1.29 is 8.42 Å². The summed E-state index contributed by atoms with van der Waals surface area (Å²) in [6.45, 7) is 2.39. The van der Waals surface area contributed by atoms with Crippen LogP contribution in [0.2, 0.25) is 5.02 Å².